The lowest BCUT2D eigenvalue weighted by atomic mass is 9.88. The third kappa shape index (κ3) is 2.90. The van der Waals surface area contributed by atoms with Crippen LogP contribution in [0.1, 0.15) is 17.0 Å². The number of anilines is 1. The van der Waals surface area contributed by atoms with E-state index < -0.39 is 17.6 Å². The fourth-order valence-electron chi connectivity index (χ4n) is 4.27. The molecule has 0 bridgehead atoms. The monoisotopic (exact) mass is 427 g/mol. The second kappa shape index (κ2) is 7.16. The highest BCUT2D eigenvalue weighted by Crippen LogP contribution is 2.46. The van der Waals surface area contributed by atoms with Gasteiger partial charge in [0.2, 0.25) is 6.79 Å². The minimum absolute atomic E-state index is 0.126. The molecule has 0 saturated carbocycles. The van der Waals surface area contributed by atoms with Gasteiger partial charge in [-0.25, -0.2) is 4.79 Å². The topological polar surface area (TPSA) is 87.0 Å². The molecule has 7 nitrogen and oxygen atoms in total. The second-order valence-corrected chi connectivity index (χ2v) is 7.61. The van der Waals surface area contributed by atoms with E-state index in [1.165, 1.54) is 0 Å². The van der Waals surface area contributed by atoms with Gasteiger partial charge < -0.3 is 23.9 Å². The quantitative estimate of drug-likeness (QED) is 0.497. The molecule has 32 heavy (non-hydrogen) atoms. The number of rotatable bonds is 3. The summed E-state index contributed by atoms with van der Waals surface area (Å²) in [6.07, 6.45) is -0.973. The molecular formula is C25H17NO6. The van der Waals surface area contributed by atoms with Gasteiger partial charge in [-0.15, -0.1) is 0 Å². The van der Waals surface area contributed by atoms with Crippen molar-refractivity contribution in [2.75, 3.05) is 12.1 Å². The first-order valence-electron chi connectivity index (χ1n) is 10.2. The maximum atomic E-state index is 13.3. The summed E-state index contributed by atoms with van der Waals surface area (Å²) in [7, 11) is 0. The van der Waals surface area contributed by atoms with Crippen molar-refractivity contribution in [2.24, 2.45) is 0 Å². The molecular weight excluding hydrogens is 410 g/mol. The van der Waals surface area contributed by atoms with E-state index in [2.05, 4.69) is 5.32 Å². The zero-order chi connectivity index (χ0) is 21.7. The normalized spacial score (nSPS) is 18.2. The number of hydrogen-bond acceptors (Lipinski definition) is 6. The Kier molecular flexibility index (Phi) is 4.14. The van der Waals surface area contributed by atoms with Crippen LogP contribution in [0.4, 0.5) is 5.69 Å². The first kappa shape index (κ1) is 18.5. The third-order valence-corrected chi connectivity index (χ3v) is 5.71. The Balaban J connectivity index is 1.50. The van der Waals surface area contributed by atoms with Crippen LogP contribution in [-0.4, -0.2) is 18.8 Å². The molecule has 0 aliphatic carbocycles. The maximum Gasteiger partial charge on any atom is 0.344 e. The molecule has 3 aromatic carbocycles. The molecule has 0 unspecified atom stereocenters. The maximum absolute atomic E-state index is 13.3. The summed E-state index contributed by atoms with van der Waals surface area (Å²) >= 11 is 0. The summed E-state index contributed by atoms with van der Waals surface area (Å²) in [6.45, 7) is 0.126. The van der Waals surface area contributed by atoms with E-state index >= 15 is 0 Å². The van der Waals surface area contributed by atoms with Crippen LogP contribution in [0, 0.1) is 0 Å². The van der Waals surface area contributed by atoms with Crippen molar-refractivity contribution in [3.05, 3.63) is 94.3 Å². The molecule has 0 radical (unpaired) electrons. The van der Waals surface area contributed by atoms with Crippen LogP contribution >= 0.6 is 0 Å². The molecule has 1 N–H and O–H groups in total. The van der Waals surface area contributed by atoms with Crippen molar-refractivity contribution < 1.29 is 23.4 Å². The van der Waals surface area contributed by atoms with Gasteiger partial charge in [-0.2, -0.15) is 0 Å². The Bertz CT molecular complexity index is 1410. The van der Waals surface area contributed by atoms with Crippen LogP contribution in [0.25, 0.3) is 11.0 Å². The highest BCUT2D eigenvalue weighted by Gasteiger charge is 2.44. The molecule has 3 heterocycles. The number of benzene rings is 3. The zero-order valence-corrected chi connectivity index (χ0v) is 16.7. The van der Waals surface area contributed by atoms with Crippen LogP contribution in [0.5, 0.6) is 17.2 Å². The van der Waals surface area contributed by atoms with Crippen molar-refractivity contribution in [3.8, 4) is 17.2 Å². The molecule has 1 amide bonds. The van der Waals surface area contributed by atoms with Crippen LogP contribution in [0.15, 0.2) is 82.0 Å². The number of carbonyl (C=O) groups is 1. The van der Waals surface area contributed by atoms with E-state index in [0.717, 1.165) is 0 Å². The predicted octanol–water partition coefficient (Wildman–Crippen LogP) is 4.05. The van der Waals surface area contributed by atoms with Crippen molar-refractivity contribution >= 4 is 22.6 Å². The van der Waals surface area contributed by atoms with Crippen LogP contribution < -0.4 is 25.2 Å². The van der Waals surface area contributed by atoms with Crippen molar-refractivity contribution in [1.29, 1.82) is 0 Å². The van der Waals surface area contributed by atoms with Gasteiger partial charge in [0.25, 0.3) is 5.91 Å². The summed E-state index contributed by atoms with van der Waals surface area (Å²) in [6, 6.07) is 21.6. The number of nitrogens with one attached hydrogen (secondary N) is 1. The SMILES string of the molecule is O=C(Nc1ccccc1)[C@@H]1Oc2c(c(=O)oc3ccccc23)[C@@H]1c1ccc2c(c1)OCO2. The van der Waals surface area contributed by atoms with Gasteiger partial charge in [0, 0.05) is 5.69 Å². The van der Waals surface area contributed by atoms with Crippen molar-refractivity contribution in [3.63, 3.8) is 0 Å². The molecule has 2 atom stereocenters. The van der Waals surface area contributed by atoms with Gasteiger partial charge in [0.05, 0.1) is 16.9 Å². The molecule has 2 aliphatic rings. The Morgan fingerprint density at radius 1 is 0.906 bits per heavy atom. The number of fused-ring (bicyclic) bond motifs is 4. The standard InChI is InChI=1S/C25H17NO6/c27-24(26-15-6-2-1-3-7-15)23-20(14-10-11-18-19(12-14)30-13-29-18)21-22(32-23)16-8-4-5-9-17(16)31-25(21)28/h1-12,20,23H,13H2,(H,26,27)/t20-,23+/m0/s1. The Labute approximate surface area is 182 Å². The van der Waals surface area contributed by atoms with E-state index in [-0.39, 0.29) is 12.7 Å². The fourth-order valence-corrected chi connectivity index (χ4v) is 4.27. The number of carbonyl (C=O) groups excluding carboxylic acids is 1. The van der Waals surface area contributed by atoms with E-state index in [4.69, 9.17) is 18.6 Å². The number of hydrogen-bond donors (Lipinski definition) is 1. The Morgan fingerprint density at radius 3 is 2.56 bits per heavy atom. The molecule has 158 valence electrons. The number of amides is 1. The molecule has 1 aromatic heterocycles. The van der Waals surface area contributed by atoms with Crippen LogP contribution in [0.2, 0.25) is 0 Å². The minimum atomic E-state index is -0.973. The van der Waals surface area contributed by atoms with E-state index in [1.54, 1.807) is 36.4 Å². The summed E-state index contributed by atoms with van der Waals surface area (Å²) in [5, 5.41) is 3.53. The molecule has 0 saturated heterocycles. The Morgan fingerprint density at radius 2 is 1.69 bits per heavy atom. The highest BCUT2D eigenvalue weighted by molar-refractivity contribution is 5.97. The first-order chi connectivity index (χ1) is 15.7. The molecule has 4 aromatic rings. The van der Waals surface area contributed by atoms with Crippen molar-refractivity contribution in [2.45, 2.75) is 12.0 Å². The van der Waals surface area contributed by atoms with E-state index in [0.29, 0.717) is 45.0 Å². The summed E-state index contributed by atoms with van der Waals surface area (Å²) in [5.41, 5.74) is 1.53. The van der Waals surface area contributed by atoms with Crippen LogP contribution in [0.3, 0.4) is 0 Å². The third-order valence-electron chi connectivity index (χ3n) is 5.71. The van der Waals surface area contributed by atoms with E-state index in [1.807, 2.05) is 36.4 Å². The van der Waals surface area contributed by atoms with Crippen molar-refractivity contribution in [1.82, 2.24) is 0 Å². The van der Waals surface area contributed by atoms with Gasteiger partial charge in [-0.05, 0) is 42.0 Å². The van der Waals surface area contributed by atoms with E-state index in [9.17, 15) is 9.59 Å². The van der Waals surface area contributed by atoms with Gasteiger partial charge >= 0.3 is 5.63 Å². The highest BCUT2D eigenvalue weighted by atomic mass is 16.7. The predicted molar refractivity (Wildman–Crippen MR) is 116 cm³/mol. The lowest BCUT2D eigenvalue weighted by Crippen LogP contribution is -2.35. The largest absolute Gasteiger partial charge is 0.478 e. The first-order valence-corrected chi connectivity index (χ1v) is 10.2. The lowest BCUT2D eigenvalue weighted by molar-refractivity contribution is -0.122. The molecule has 2 aliphatic heterocycles. The molecule has 0 spiro atoms. The lowest BCUT2D eigenvalue weighted by Gasteiger charge is -2.19. The smallest absolute Gasteiger partial charge is 0.344 e. The average molecular weight is 427 g/mol. The van der Waals surface area contributed by atoms with Gasteiger partial charge in [0.15, 0.2) is 17.6 Å². The fraction of sp³-hybridized carbons (Fsp3) is 0.120. The summed E-state index contributed by atoms with van der Waals surface area (Å²) < 4.78 is 22.7. The minimum Gasteiger partial charge on any atom is -0.478 e. The Hall–Kier alpha value is -4.26. The molecule has 0 fully saturated rings. The summed E-state index contributed by atoms with van der Waals surface area (Å²) in [4.78, 5) is 26.4. The van der Waals surface area contributed by atoms with Gasteiger partial charge in [-0.3, -0.25) is 4.79 Å². The van der Waals surface area contributed by atoms with Gasteiger partial charge in [-0.1, -0.05) is 36.4 Å². The van der Waals surface area contributed by atoms with Crippen LogP contribution in [-0.2, 0) is 4.79 Å². The summed E-state index contributed by atoms with van der Waals surface area (Å²) in [5.74, 6) is 0.502. The number of para-hydroxylation sites is 2. The number of ether oxygens (including phenoxy) is 3. The van der Waals surface area contributed by atoms with Gasteiger partial charge in [0.1, 0.15) is 11.3 Å². The zero-order valence-electron chi connectivity index (χ0n) is 16.7. The second-order valence-electron chi connectivity index (χ2n) is 7.61. The molecule has 7 heteroatoms. The molecule has 6 rings (SSSR count). The average Bonchev–Trinajstić information content (AvgIpc) is 3.45.